The molecule has 4 nitrogen and oxygen atoms in total. The lowest BCUT2D eigenvalue weighted by Crippen LogP contribution is -2.33. The fourth-order valence-corrected chi connectivity index (χ4v) is 7.74. The fraction of sp³-hybridized carbons (Fsp3) is 0.538. The average Bonchev–Trinajstić information content (AvgIpc) is 3.42. The summed E-state index contributed by atoms with van der Waals surface area (Å²) in [4.78, 5) is 11.2. The van der Waals surface area contributed by atoms with E-state index in [1.165, 1.54) is 77.5 Å². The summed E-state index contributed by atoms with van der Waals surface area (Å²) in [7, 11) is 0. The van der Waals surface area contributed by atoms with Gasteiger partial charge in [-0.15, -0.1) is 11.3 Å². The Labute approximate surface area is 188 Å². The van der Waals surface area contributed by atoms with Crippen molar-refractivity contribution in [3.63, 3.8) is 0 Å². The number of aromatic nitrogens is 4. The van der Waals surface area contributed by atoms with Crippen LogP contribution in [0.3, 0.4) is 0 Å². The number of hydrogen-bond donors (Lipinski definition) is 1. The maximum atomic E-state index is 4.39. The highest BCUT2D eigenvalue weighted by Gasteiger charge is 2.41. The van der Waals surface area contributed by atoms with Gasteiger partial charge in [0.1, 0.15) is 11.2 Å². The van der Waals surface area contributed by atoms with E-state index in [-0.39, 0.29) is 0 Å². The van der Waals surface area contributed by atoms with Crippen LogP contribution in [-0.4, -0.2) is 19.6 Å². The number of aryl methyl sites for hydroxylation is 2. The van der Waals surface area contributed by atoms with Gasteiger partial charge >= 0.3 is 0 Å². The average molecular weight is 433 g/mol. The molecule has 162 valence electrons. The molecule has 0 aliphatic heterocycles. The summed E-state index contributed by atoms with van der Waals surface area (Å²) >= 11 is 2.02. The number of hydrogen-bond acceptors (Lipinski definition) is 3. The van der Waals surface area contributed by atoms with Gasteiger partial charge in [-0.05, 0) is 92.4 Å². The summed E-state index contributed by atoms with van der Waals surface area (Å²) in [5.41, 5.74) is 8.27. The Morgan fingerprint density at radius 1 is 1.16 bits per heavy atom. The normalized spacial score (nSPS) is 19.1. The van der Waals surface area contributed by atoms with Crippen molar-refractivity contribution in [2.75, 3.05) is 0 Å². The molecule has 2 saturated carbocycles. The molecule has 0 saturated heterocycles. The first kappa shape index (κ1) is 19.5. The molecule has 2 fully saturated rings. The molecule has 0 bridgehead atoms. The number of nitrogens with zero attached hydrogens (tertiary/aromatic N) is 3. The van der Waals surface area contributed by atoms with Crippen molar-refractivity contribution < 1.29 is 0 Å². The van der Waals surface area contributed by atoms with Crippen molar-refractivity contribution in [1.82, 2.24) is 19.6 Å². The van der Waals surface area contributed by atoms with Crippen LogP contribution in [0.2, 0.25) is 0 Å². The second-order valence-corrected chi connectivity index (χ2v) is 11.5. The van der Waals surface area contributed by atoms with Crippen LogP contribution in [0.15, 0.2) is 18.6 Å². The van der Waals surface area contributed by atoms with Crippen molar-refractivity contribution in [2.45, 2.75) is 84.5 Å². The molecule has 0 atom stereocenters. The molecule has 0 unspecified atom stereocenters. The van der Waals surface area contributed by atoms with Gasteiger partial charge in [-0.2, -0.15) is 5.10 Å². The zero-order valence-corrected chi connectivity index (χ0v) is 19.9. The van der Waals surface area contributed by atoms with Gasteiger partial charge in [0.15, 0.2) is 5.65 Å². The number of fused-ring (bicyclic) bond motifs is 2. The van der Waals surface area contributed by atoms with E-state index in [1.807, 2.05) is 15.9 Å². The van der Waals surface area contributed by atoms with E-state index < -0.39 is 0 Å². The highest BCUT2D eigenvalue weighted by atomic mass is 32.1. The molecule has 0 radical (unpaired) electrons. The van der Waals surface area contributed by atoms with Crippen LogP contribution in [0.4, 0.5) is 0 Å². The third-order valence-corrected chi connectivity index (χ3v) is 9.59. The van der Waals surface area contributed by atoms with Crippen LogP contribution in [-0.2, 0) is 0 Å². The molecule has 4 heterocycles. The van der Waals surface area contributed by atoms with E-state index in [2.05, 4.69) is 55.0 Å². The maximum absolute atomic E-state index is 4.39. The van der Waals surface area contributed by atoms with Gasteiger partial charge in [0.25, 0.3) is 0 Å². The summed E-state index contributed by atoms with van der Waals surface area (Å²) in [6.45, 7) is 9.14. The van der Waals surface area contributed by atoms with Gasteiger partial charge in [0, 0.05) is 22.0 Å². The quantitative estimate of drug-likeness (QED) is 0.364. The van der Waals surface area contributed by atoms with E-state index in [1.54, 1.807) is 11.2 Å². The zero-order valence-electron chi connectivity index (χ0n) is 19.1. The van der Waals surface area contributed by atoms with Gasteiger partial charge in [-0.3, -0.25) is 0 Å². The SMILES string of the molecule is Cc1c(C2CCC3(CCC3)CC2)sc2[nH]c(-c3cc(C)c4ncnn4c3)c(C(C)C)c12. The predicted molar refractivity (Wildman–Crippen MR) is 129 cm³/mol. The molecule has 2 aliphatic rings. The van der Waals surface area contributed by atoms with Crippen molar-refractivity contribution >= 4 is 27.2 Å². The first-order valence-electron chi connectivity index (χ1n) is 11.9. The molecule has 0 aromatic carbocycles. The van der Waals surface area contributed by atoms with Gasteiger partial charge in [-0.25, -0.2) is 9.50 Å². The number of H-pyrrole nitrogens is 1. The monoisotopic (exact) mass is 432 g/mol. The molecule has 31 heavy (non-hydrogen) atoms. The number of nitrogens with one attached hydrogen (secondary N) is 1. The fourth-order valence-electron chi connectivity index (χ4n) is 6.34. The Morgan fingerprint density at radius 2 is 1.94 bits per heavy atom. The smallest absolute Gasteiger partial charge is 0.158 e. The standard InChI is InChI=1S/C26H32N4S/c1-15(2)20-21-17(4)23(18-6-10-26(11-7-18)8-5-9-26)31-25(21)29-22(20)19-12-16(3)24-27-14-28-30(24)13-19/h12-15,18,29H,5-11H2,1-4H3. The van der Waals surface area contributed by atoms with Gasteiger partial charge in [0.2, 0.25) is 0 Å². The van der Waals surface area contributed by atoms with E-state index in [4.69, 9.17) is 0 Å². The third kappa shape index (κ3) is 2.92. The number of aromatic amines is 1. The molecule has 4 aromatic heterocycles. The summed E-state index contributed by atoms with van der Waals surface area (Å²) < 4.78 is 1.90. The summed E-state index contributed by atoms with van der Waals surface area (Å²) in [6, 6.07) is 2.25. The molecule has 2 aliphatic carbocycles. The Bertz CT molecular complexity index is 1270. The minimum Gasteiger partial charge on any atom is -0.346 e. The van der Waals surface area contributed by atoms with Crippen molar-refractivity contribution in [2.24, 2.45) is 5.41 Å². The highest BCUT2D eigenvalue weighted by molar-refractivity contribution is 7.19. The lowest BCUT2D eigenvalue weighted by molar-refractivity contribution is 0.0697. The molecular weight excluding hydrogens is 400 g/mol. The number of pyridine rings is 1. The van der Waals surface area contributed by atoms with Gasteiger partial charge in [-0.1, -0.05) is 20.3 Å². The summed E-state index contributed by atoms with van der Waals surface area (Å²) in [5.74, 6) is 1.22. The first-order chi connectivity index (χ1) is 15.0. The van der Waals surface area contributed by atoms with E-state index in [0.29, 0.717) is 5.92 Å². The Hall–Kier alpha value is -2.14. The topological polar surface area (TPSA) is 46.0 Å². The molecule has 1 spiro atoms. The molecule has 0 amide bonds. The highest BCUT2D eigenvalue weighted by Crippen LogP contribution is 2.56. The van der Waals surface area contributed by atoms with Crippen LogP contribution in [0.25, 0.3) is 27.1 Å². The van der Waals surface area contributed by atoms with Crippen LogP contribution >= 0.6 is 11.3 Å². The minimum absolute atomic E-state index is 0.459. The van der Waals surface area contributed by atoms with E-state index in [0.717, 1.165) is 22.5 Å². The van der Waals surface area contributed by atoms with Gasteiger partial charge in [0.05, 0.1) is 5.69 Å². The van der Waals surface area contributed by atoms with E-state index in [9.17, 15) is 0 Å². The summed E-state index contributed by atoms with van der Waals surface area (Å²) in [6.07, 6.45) is 13.9. The second-order valence-electron chi connectivity index (χ2n) is 10.4. The van der Waals surface area contributed by atoms with Crippen molar-refractivity contribution in [1.29, 1.82) is 0 Å². The Kier molecular flexibility index (Phi) is 4.37. The molecule has 5 heteroatoms. The Balaban J connectivity index is 1.43. The summed E-state index contributed by atoms with van der Waals surface area (Å²) in [5, 5.41) is 5.87. The third-order valence-electron chi connectivity index (χ3n) is 8.22. The predicted octanol–water partition coefficient (Wildman–Crippen LogP) is 7.51. The van der Waals surface area contributed by atoms with E-state index >= 15 is 0 Å². The van der Waals surface area contributed by atoms with Crippen LogP contribution in [0.5, 0.6) is 0 Å². The van der Waals surface area contributed by atoms with Crippen molar-refractivity contribution in [3.05, 3.63) is 40.2 Å². The molecular formula is C26H32N4S. The van der Waals surface area contributed by atoms with Crippen LogP contribution in [0.1, 0.15) is 92.2 Å². The maximum Gasteiger partial charge on any atom is 0.158 e. The Morgan fingerprint density at radius 3 is 2.61 bits per heavy atom. The largest absolute Gasteiger partial charge is 0.346 e. The lowest BCUT2D eigenvalue weighted by atomic mass is 9.59. The molecule has 1 N–H and O–H groups in total. The molecule has 6 rings (SSSR count). The number of thiophene rings is 1. The van der Waals surface area contributed by atoms with Crippen LogP contribution < -0.4 is 0 Å². The lowest BCUT2D eigenvalue weighted by Gasteiger charge is -2.47. The second kappa shape index (κ2) is 6.93. The first-order valence-corrected chi connectivity index (χ1v) is 12.7. The number of rotatable bonds is 3. The van der Waals surface area contributed by atoms with Crippen molar-refractivity contribution in [3.8, 4) is 11.3 Å². The molecule has 4 aromatic rings. The zero-order chi connectivity index (χ0) is 21.3. The van der Waals surface area contributed by atoms with Gasteiger partial charge < -0.3 is 4.98 Å². The minimum atomic E-state index is 0.459. The van der Waals surface area contributed by atoms with Crippen LogP contribution in [0, 0.1) is 19.3 Å².